The summed E-state index contributed by atoms with van der Waals surface area (Å²) in [6, 6.07) is 14.7. The molecular formula is C29H34ClN5O4. The van der Waals surface area contributed by atoms with Gasteiger partial charge in [-0.25, -0.2) is 9.97 Å². The predicted octanol–water partition coefficient (Wildman–Crippen LogP) is 3.82. The van der Waals surface area contributed by atoms with E-state index in [0.717, 1.165) is 30.3 Å². The van der Waals surface area contributed by atoms with Gasteiger partial charge in [0.2, 0.25) is 11.9 Å². The molecule has 206 valence electrons. The minimum atomic E-state index is -0.430. The number of rotatable bonds is 11. The van der Waals surface area contributed by atoms with Gasteiger partial charge in [-0.05, 0) is 37.1 Å². The second-order valence-corrected chi connectivity index (χ2v) is 10.1. The van der Waals surface area contributed by atoms with Crippen LogP contribution in [0.3, 0.4) is 0 Å². The third-order valence-electron chi connectivity index (χ3n) is 6.91. The second-order valence-electron chi connectivity index (χ2n) is 9.74. The van der Waals surface area contributed by atoms with Crippen molar-refractivity contribution in [3.63, 3.8) is 0 Å². The Hall–Kier alpha value is -3.37. The number of ether oxygens (including phenoxy) is 1. The fraction of sp³-hybridized carbons (Fsp3) is 0.379. The van der Waals surface area contributed by atoms with Gasteiger partial charge in [0.1, 0.15) is 6.29 Å². The summed E-state index contributed by atoms with van der Waals surface area (Å²) in [5.74, 6) is 0.346. The van der Waals surface area contributed by atoms with Crippen molar-refractivity contribution in [2.45, 2.75) is 31.5 Å². The van der Waals surface area contributed by atoms with Crippen LogP contribution >= 0.6 is 11.6 Å². The molecule has 0 bridgehead atoms. The van der Waals surface area contributed by atoms with Crippen molar-refractivity contribution >= 4 is 29.7 Å². The molecule has 1 aliphatic heterocycles. The molecule has 0 spiro atoms. The third-order valence-corrected chi connectivity index (χ3v) is 7.19. The molecule has 1 aromatic heterocycles. The number of likely N-dealkylation sites (N-methyl/N-ethyl adjacent to an activating group) is 2. The predicted molar refractivity (Wildman–Crippen MR) is 151 cm³/mol. The highest BCUT2D eigenvalue weighted by molar-refractivity contribution is 6.32. The number of aldehydes is 1. The summed E-state index contributed by atoms with van der Waals surface area (Å²) in [6.07, 6.45) is 4.12. The first-order chi connectivity index (χ1) is 18.9. The van der Waals surface area contributed by atoms with Crippen molar-refractivity contribution in [2.75, 3.05) is 45.8 Å². The van der Waals surface area contributed by atoms with Crippen molar-refractivity contribution in [2.24, 2.45) is 0 Å². The lowest BCUT2D eigenvalue weighted by Gasteiger charge is -2.29. The highest BCUT2D eigenvalue weighted by Gasteiger charge is 2.22. The normalized spacial score (nSPS) is 14.7. The standard InChI is InChI=1S/C29H34ClN5O4/c1-34(17-27(38)35(2)26(19-37)20-6-4-3-5-7-20)16-22-9-8-21(14-23(22)18-36)28-25(30)15-31-29(33-28)32-24-10-12-39-13-11-24/h3-9,14-15,18,24,26,37H,10-13,16-17,19H2,1-2H3,(H,31,32,33). The molecule has 10 heteroatoms. The molecule has 0 saturated carbocycles. The Morgan fingerprint density at radius 1 is 1.21 bits per heavy atom. The van der Waals surface area contributed by atoms with Crippen LogP contribution in [0.1, 0.15) is 40.4 Å². The Bertz CT molecular complexity index is 1270. The Labute approximate surface area is 233 Å². The van der Waals surface area contributed by atoms with E-state index in [0.29, 0.717) is 47.6 Å². The number of amides is 1. The third kappa shape index (κ3) is 7.39. The van der Waals surface area contributed by atoms with Crippen LogP contribution in [0.5, 0.6) is 0 Å². The van der Waals surface area contributed by atoms with E-state index in [1.54, 1.807) is 24.2 Å². The number of anilines is 1. The van der Waals surface area contributed by atoms with Crippen molar-refractivity contribution < 1.29 is 19.4 Å². The Morgan fingerprint density at radius 2 is 1.95 bits per heavy atom. The maximum atomic E-state index is 13.0. The molecule has 4 rings (SSSR count). The average Bonchev–Trinajstić information content (AvgIpc) is 2.95. The van der Waals surface area contributed by atoms with Crippen LogP contribution in [0.25, 0.3) is 11.3 Å². The van der Waals surface area contributed by atoms with E-state index in [1.165, 1.54) is 0 Å². The van der Waals surface area contributed by atoms with Gasteiger partial charge in [-0.1, -0.05) is 54.1 Å². The summed E-state index contributed by atoms with van der Waals surface area (Å²) in [7, 11) is 3.51. The molecule has 1 amide bonds. The lowest BCUT2D eigenvalue weighted by molar-refractivity contribution is -0.134. The zero-order valence-corrected chi connectivity index (χ0v) is 23.0. The summed E-state index contributed by atoms with van der Waals surface area (Å²) >= 11 is 6.43. The molecule has 1 atom stereocenters. The monoisotopic (exact) mass is 551 g/mol. The van der Waals surface area contributed by atoms with Crippen LogP contribution in [0, 0.1) is 0 Å². The fourth-order valence-electron chi connectivity index (χ4n) is 4.65. The van der Waals surface area contributed by atoms with Gasteiger partial charge >= 0.3 is 0 Å². The van der Waals surface area contributed by atoms with Crippen LogP contribution in [-0.4, -0.2) is 83.6 Å². The van der Waals surface area contributed by atoms with Crippen LogP contribution in [0.2, 0.25) is 5.02 Å². The number of aliphatic hydroxyl groups excluding tert-OH is 1. The summed E-state index contributed by atoms with van der Waals surface area (Å²) in [5, 5.41) is 13.6. The van der Waals surface area contributed by atoms with E-state index in [2.05, 4.69) is 15.3 Å². The van der Waals surface area contributed by atoms with E-state index >= 15 is 0 Å². The number of nitrogens with one attached hydrogen (secondary N) is 1. The molecule has 1 aliphatic rings. The number of nitrogens with zero attached hydrogens (tertiary/aromatic N) is 4. The molecule has 1 unspecified atom stereocenters. The maximum absolute atomic E-state index is 13.0. The largest absolute Gasteiger partial charge is 0.394 e. The molecule has 3 aromatic rings. The molecule has 2 heterocycles. The van der Waals surface area contributed by atoms with Crippen LogP contribution in [0.15, 0.2) is 54.7 Å². The Balaban J connectivity index is 1.44. The molecule has 1 fully saturated rings. The molecule has 0 aliphatic carbocycles. The minimum Gasteiger partial charge on any atom is -0.394 e. The van der Waals surface area contributed by atoms with Crippen LogP contribution in [0.4, 0.5) is 5.95 Å². The van der Waals surface area contributed by atoms with Crippen molar-refractivity contribution in [3.8, 4) is 11.3 Å². The van der Waals surface area contributed by atoms with Gasteiger partial charge in [0.25, 0.3) is 0 Å². The number of halogens is 1. The van der Waals surface area contributed by atoms with E-state index in [4.69, 9.17) is 16.3 Å². The number of benzene rings is 2. The first-order valence-electron chi connectivity index (χ1n) is 12.9. The van der Waals surface area contributed by atoms with E-state index in [9.17, 15) is 14.7 Å². The molecular weight excluding hydrogens is 518 g/mol. The number of aliphatic hydroxyl groups is 1. The van der Waals surface area contributed by atoms with Gasteiger partial charge in [0, 0.05) is 44.0 Å². The molecule has 0 radical (unpaired) electrons. The molecule has 39 heavy (non-hydrogen) atoms. The molecule has 2 N–H and O–H groups in total. The van der Waals surface area contributed by atoms with Gasteiger partial charge in [0.05, 0.1) is 36.1 Å². The number of hydrogen-bond donors (Lipinski definition) is 2. The van der Waals surface area contributed by atoms with Gasteiger partial charge in [-0.15, -0.1) is 0 Å². The van der Waals surface area contributed by atoms with Gasteiger partial charge in [-0.2, -0.15) is 0 Å². The zero-order valence-electron chi connectivity index (χ0n) is 22.2. The van der Waals surface area contributed by atoms with Crippen LogP contribution in [-0.2, 0) is 16.1 Å². The number of aromatic nitrogens is 2. The molecule has 2 aromatic carbocycles. The van der Waals surface area contributed by atoms with E-state index in [-0.39, 0.29) is 25.1 Å². The zero-order chi connectivity index (χ0) is 27.8. The first kappa shape index (κ1) is 28.6. The summed E-state index contributed by atoms with van der Waals surface area (Å²) in [4.78, 5) is 37.3. The second kappa shape index (κ2) is 13.6. The fourth-order valence-corrected chi connectivity index (χ4v) is 4.85. The number of carbonyl (C=O) groups is 2. The van der Waals surface area contributed by atoms with Crippen molar-refractivity contribution in [1.29, 1.82) is 0 Å². The highest BCUT2D eigenvalue weighted by atomic mass is 35.5. The number of hydrogen-bond acceptors (Lipinski definition) is 8. The first-order valence-corrected chi connectivity index (χ1v) is 13.3. The Morgan fingerprint density at radius 3 is 2.64 bits per heavy atom. The average molecular weight is 552 g/mol. The Kier molecular flexibility index (Phi) is 10.00. The van der Waals surface area contributed by atoms with E-state index in [1.807, 2.05) is 54.4 Å². The van der Waals surface area contributed by atoms with E-state index < -0.39 is 6.04 Å². The van der Waals surface area contributed by atoms with Gasteiger partial charge in [0.15, 0.2) is 0 Å². The molecule has 9 nitrogen and oxygen atoms in total. The smallest absolute Gasteiger partial charge is 0.237 e. The van der Waals surface area contributed by atoms with Gasteiger partial charge in [-0.3, -0.25) is 14.5 Å². The van der Waals surface area contributed by atoms with Crippen molar-refractivity contribution in [1.82, 2.24) is 19.8 Å². The summed E-state index contributed by atoms with van der Waals surface area (Å²) in [5.41, 5.74) is 3.38. The SMILES string of the molecule is CN(CC(=O)N(C)C(CO)c1ccccc1)Cc1ccc(-c2nc(NC3CCOCC3)ncc2Cl)cc1C=O. The van der Waals surface area contributed by atoms with Crippen molar-refractivity contribution in [3.05, 3.63) is 76.4 Å². The topological polar surface area (TPSA) is 108 Å². The lowest BCUT2D eigenvalue weighted by Crippen LogP contribution is -2.39. The van der Waals surface area contributed by atoms with Gasteiger partial charge < -0.3 is 20.1 Å². The minimum absolute atomic E-state index is 0.124. The summed E-state index contributed by atoms with van der Waals surface area (Å²) in [6.45, 7) is 1.74. The highest BCUT2D eigenvalue weighted by Crippen LogP contribution is 2.29. The lowest BCUT2D eigenvalue weighted by atomic mass is 10.0. The molecule has 1 saturated heterocycles. The maximum Gasteiger partial charge on any atom is 0.237 e. The van der Waals surface area contributed by atoms with Crippen LogP contribution < -0.4 is 5.32 Å². The number of carbonyl (C=O) groups excluding carboxylic acids is 2. The quantitative estimate of drug-likeness (QED) is 0.346. The summed E-state index contributed by atoms with van der Waals surface area (Å²) < 4.78 is 5.41.